The van der Waals surface area contributed by atoms with Gasteiger partial charge in [-0.25, -0.2) is 4.98 Å². The minimum absolute atomic E-state index is 0.205. The number of para-hydroxylation sites is 1. The fourth-order valence-electron chi connectivity index (χ4n) is 4.24. The number of pyridine rings is 1. The van der Waals surface area contributed by atoms with E-state index in [9.17, 15) is 10.1 Å². The molecule has 1 aliphatic rings. The third kappa shape index (κ3) is 3.71. The summed E-state index contributed by atoms with van der Waals surface area (Å²) < 4.78 is 0. The Labute approximate surface area is 185 Å². The van der Waals surface area contributed by atoms with Crippen LogP contribution in [0, 0.1) is 11.3 Å². The van der Waals surface area contributed by atoms with E-state index >= 15 is 0 Å². The number of nitrogens with one attached hydrogen (secondary N) is 1. The van der Waals surface area contributed by atoms with Gasteiger partial charge in [-0.15, -0.1) is 11.3 Å². The average Bonchev–Trinajstić information content (AvgIpc) is 2.97. The van der Waals surface area contributed by atoms with Crippen LogP contribution in [-0.4, -0.2) is 10.9 Å². The summed E-state index contributed by atoms with van der Waals surface area (Å²) >= 11 is 1.56. The molecule has 2 aromatic heterocycles. The molecular weight excluding hydrogens is 402 g/mol. The van der Waals surface area contributed by atoms with Gasteiger partial charge in [-0.05, 0) is 43.4 Å². The normalized spacial score (nSPS) is 13.3. The van der Waals surface area contributed by atoms with Crippen molar-refractivity contribution in [2.75, 3.05) is 5.32 Å². The summed E-state index contributed by atoms with van der Waals surface area (Å²) in [4.78, 5) is 19.4. The molecule has 0 spiro atoms. The van der Waals surface area contributed by atoms with Crippen molar-refractivity contribution in [1.29, 1.82) is 5.26 Å². The Hall–Kier alpha value is -3.49. The summed E-state index contributed by atoms with van der Waals surface area (Å²) in [5.41, 5.74) is 4.82. The molecule has 4 nitrogen and oxygen atoms in total. The number of benzene rings is 2. The number of fused-ring (bicyclic) bond motifs is 2. The van der Waals surface area contributed by atoms with Crippen molar-refractivity contribution >= 4 is 33.1 Å². The molecule has 1 N–H and O–H groups in total. The number of amides is 1. The zero-order chi connectivity index (χ0) is 21.2. The first-order valence-electron chi connectivity index (χ1n) is 10.6. The molecule has 1 amide bonds. The largest absolute Gasteiger partial charge is 0.312 e. The predicted octanol–water partition coefficient (Wildman–Crippen LogP) is 6.36. The van der Waals surface area contributed by atoms with Crippen LogP contribution in [0.25, 0.3) is 22.2 Å². The van der Waals surface area contributed by atoms with E-state index in [4.69, 9.17) is 4.98 Å². The second kappa shape index (κ2) is 8.33. The van der Waals surface area contributed by atoms with Crippen LogP contribution in [0.15, 0.2) is 60.7 Å². The monoisotopic (exact) mass is 423 g/mol. The maximum Gasteiger partial charge on any atom is 0.257 e. The van der Waals surface area contributed by atoms with Gasteiger partial charge in [-0.1, -0.05) is 55.0 Å². The summed E-state index contributed by atoms with van der Waals surface area (Å²) in [6.45, 7) is 0. The van der Waals surface area contributed by atoms with E-state index in [-0.39, 0.29) is 5.91 Å². The van der Waals surface area contributed by atoms with Gasteiger partial charge in [0, 0.05) is 15.8 Å². The second-order valence-corrected chi connectivity index (χ2v) is 8.88. The molecule has 5 rings (SSSR count). The molecule has 0 radical (unpaired) electrons. The lowest BCUT2D eigenvalue weighted by Crippen LogP contribution is -2.13. The summed E-state index contributed by atoms with van der Waals surface area (Å²) in [6, 6.07) is 21.7. The molecule has 2 heterocycles. The highest BCUT2D eigenvalue weighted by Crippen LogP contribution is 2.37. The minimum Gasteiger partial charge on any atom is -0.312 e. The van der Waals surface area contributed by atoms with Gasteiger partial charge >= 0.3 is 0 Å². The zero-order valence-electron chi connectivity index (χ0n) is 17.0. The number of nitriles is 1. The lowest BCUT2D eigenvalue weighted by Gasteiger charge is -2.10. The fraction of sp³-hybridized carbons (Fsp3) is 0.192. The molecule has 31 heavy (non-hydrogen) atoms. The zero-order valence-corrected chi connectivity index (χ0v) is 17.8. The van der Waals surface area contributed by atoms with E-state index in [0.29, 0.717) is 16.1 Å². The SMILES string of the molecule is N#Cc1c(NC(=O)c2cc(-c3ccccc3)nc3ccccc23)sc2c1CCCCC2. The highest BCUT2D eigenvalue weighted by atomic mass is 32.1. The Kier molecular flexibility index (Phi) is 5.23. The molecule has 0 aliphatic heterocycles. The van der Waals surface area contributed by atoms with Crippen LogP contribution in [0.3, 0.4) is 0 Å². The molecule has 0 saturated heterocycles. The van der Waals surface area contributed by atoms with Crippen molar-refractivity contribution in [2.45, 2.75) is 32.1 Å². The van der Waals surface area contributed by atoms with Gasteiger partial charge in [0.25, 0.3) is 5.91 Å². The third-order valence-corrected chi connectivity index (χ3v) is 7.00. The van der Waals surface area contributed by atoms with E-state index < -0.39 is 0 Å². The minimum atomic E-state index is -0.205. The van der Waals surface area contributed by atoms with Crippen LogP contribution < -0.4 is 5.32 Å². The summed E-state index contributed by atoms with van der Waals surface area (Å²) in [7, 11) is 0. The number of hydrogen-bond acceptors (Lipinski definition) is 4. The average molecular weight is 424 g/mol. The highest BCUT2D eigenvalue weighted by Gasteiger charge is 2.22. The van der Waals surface area contributed by atoms with E-state index in [1.807, 2.05) is 60.7 Å². The van der Waals surface area contributed by atoms with Crippen molar-refractivity contribution in [2.24, 2.45) is 0 Å². The van der Waals surface area contributed by atoms with Gasteiger partial charge in [0.15, 0.2) is 0 Å². The third-order valence-electron chi connectivity index (χ3n) is 5.79. The van der Waals surface area contributed by atoms with E-state index in [0.717, 1.165) is 53.4 Å². The first-order chi connectivity index (χ1) is 15.2. The highest BCUT2D eigenvalue weighted by molar-refractivity contribution is 7.16. The second-order valence-electron chi connectivity index (χ2n) is 7.77. The number of rotatable bonds is 3. The first-order valence-corrected chi connectivity index (χ1v) is 11.4. The topological polar surface area (TPSA) is 65.8 Å². The quantitative estimate of drug-likeness (QED) is 0.390. The lowest BCUT2D eigenvalue weighted by molar-refractivity contribution is 0.102. The predicted molar refractivity (Wildman–Crippen MR) is 125 cm³/mol. The molecule has 0 fully saturated rings. The van der Waals surface area contributed by atoms with Gasteiger partial charge in [0.1, 0.15) is 11.1 Å². The number of aromatic nitrogens is 1. The Morgan fingerprint density at radius 2 is 1.77 bits per heavy atom. The number of carbonyl (C=O) groups is 1. The van der Waals surface area contributed by atoms with Crippen LogP contribution in [0.2, 0.25) is 0 Å². The van der Waals surface area contributed by atoms with Crippen LogP contribution in [0.1, 0.15) is 45.6 Å². The Morgan fingerprint density at radius 3 is 2.61 bits per heavy atom. The number of nitrogens with zero attached hydrogens (tertiary/aromatic N) is 2. The van der Waals surface area contributed by atoms with Crippen molar-refractivity contribution in [3.05, 3.63) is 82.2 Å². The molecule has 4 aromatic rings. The first kappa shape index (κ1) is 19.5. The van der Waals surface area contributed by atoms with Crippen molar-refractivity contribution in [3.63, 3.8) is 0 Å². The molecule has 0 unspecified atom stereocenters. The van der Waals surface area contributed by atoms with Crippen molar-refractivity contribution < 1.29 is 4.79 Å². The van der Waals surface area contributed by atoms with Gasteiger partial charge in [-0.3, -0.25) is 4.79 Å². The fourth-order valence-corrected chi connectivity index (χ4v) is 5.47. The molecule has 152 valence electrons. The lowest BCUT2D eigenvalue weighted by atomic mass is 10.0. The molecule has 2 aromatic carbocycles. The summed E-state index contributed by atoms with van der Waals surface area (Å²) in [5, 5.41) is 14.3. The molecule has 1 aliphatic carbocycles. The molecule has 0 bridgehead atoms. The van der Waals surface area contributed by atoms with Gasteiger partial charge in [0.05, 0.1) is 22.3 Å². The Balaban J connectivity index is 1.57. The van der Waals surface area contributed by atoms with Crippen molar-refractivity contribution in [3.8, 4) is 17.3 Å². The van der Waals surface area contributed by atoms with E-state index in [1.54, 1.807) is 11.3 Å². The molecule has 0 atom stereocenters. The summed E-state index contributed by atoms with van der Waals surface area (Å²) in [5.74, 6) is -0.205. The van der Waals surface area contributed by atoms with Crippen molar-refractivity contribution in [1.82, 2.24) is 4.98 Å². The standard InChI is InChI=1S/C26H21N3OS/c27-16-21-19-12-5-2-6-14-24(19)31-26(21)29-25(30)20-15-23(17-9-3-1-4-10-17)28-22-13-8-7-11-18(20)22/h1,3-4,7-11,13,15H,2,5-6,12,14H2,(H,29,30). The number of anilines is 1. The molecule has 5 heteroatoms. The number of carbonyl (C=O) groups excluding carboxylic acids is 1. The van der Waals surface area contributed by atoms with Gasteiger partial charge < -0.3 is 5.32 Å². The van der Waals surface area contributed by atoms with Crippen LogP contribution in [0.5, 0.6) is 0 Å². The molecular formula is C26H21N3OS. The van der Waals surface area contributed by atoms with E-state index in [2.05, 4.69) is 11.4 Å². The van der Waals surface area contributed by atoms with Gasteiger partial charge in [-0.2, -0.15) is 5.26 Å². The van der Waals surface area contributed by atoms with E-state index in [1.165, 1.54) is 11.3 Å². The van der Waals surface area contributed by atoms with Gasteiger partial charge in [0.2, 0.25) is 0 Å². The maximum atomic E-state index is 13.4. The Morgan fingerprint density at radius 1 is 1.00 bits per heavy atom. The smallest absolute Gasteiger partial charge is 0.257 e. The number of thiophene rings is 1. The molecule has 0 saturated carbocycles. The maximum absolute atomic E-state index is 13.4. The summed E-state index contributed by atoms with van der Waals surface area (Å²) in [6.07, 6.45) is 5.34. The van der Waals surface area contributed by atoms with Crippen LogP contribution >= 0.6 is 11.3 Å². The Bertz CT molecular complexity index is 1320. The number of hydrogen-bond donors (Lipinski definition) is 1. The van der Waals surface area contributed by atoms with Crippen LogP contribution in [0.4, 0.5) is 5.00 Å². The number of aryl methyl sites for hydroxylation is 1. The van der Waals surface area contributed by atoms with Crippen LogP contribution in [-0.2, 0) is 12.8 Å².